The van der Waals surface area contributed by atoms with Gasteiger partial charge in [0.25, 0.3) is 5.69 Å². The van der Waals surface area contributed by atoms with E-state index in [4.69, 9.17) is 28.9 Å². The summed E-state index contributed by atoms with van der Waals surface area (Å²) in [5.41, 5.74) is 8.15. The van der Waals surface area contributed by atoms with Crippen molar-refractivity contribution < 1.29 is 4.92 Å². The van der Waals surface area contributed by atoms with Gasteiger partial charge in [-0.25, -0.2) is 4.68 Å². The minimum Gasteiger partial charge on any atom is -0.382 e. The van der Waals surface area contributed by atoms with E-state index in [-0.39, 0.29) is 15.7 Å². The van der Waals surface area contributed by atoms with E-state index in [1.54, 1.807) is 4.68 Å². The van der Waals surface area contributed by atoms with Crippen molar-refractivity contribution in [3.8, 4) is 5.69 Å². The summed E-state index contributed by atoms with van der Waals surface area (Å²) in [5.74, 6) is 0.461. The predicted molar refractivity (Wildman–Crippen MR) is 76.7 cm³/mol. The van der Waals surface area contributed by atoms with E-state index in [0.29, 0.717) is 11.5 Å². The summed E-state index contributed by atoms with van der Waals surface area (Å²) in [6, 6.07) is 2.53. The van der Waals surface area contributed by atoms with Gasteiger partial charge in [0, 0.05) is 23.4 Å². The highest BCUT2D eigenvalue weighted by Crippen LogP contribution is 2.37. The molecular formula is C12H10Cl2N4O2. The van der Waals surface area contributed by atoms with Gasteiger partial charge in [-0.05, 0) is 19.3 Å². The first-order valence-corrected chi connectivity index (χ1v) is 6.74. The fourth-order valence-electron chi connectivity index (χ4n) is 2.51. The maximum Gasteiger partial charge on any atom is 0.272 e. The van der Waals surface area contributed by atoms with Crippen LogP contribution >= 0.6 is 23.2 Å². The van der Waals surface area contributed by atoms with Gasteiger partial charge in [-0.1, -0.05) is 23.2 Å². The molecule has 3 rings (SSSR count). The Bertz CT molecular complexity index is 703. The minimum absolute atomic E-state index is 0.152. The van der Waals surface area contributed by atoms with Crippen molar-refractivity contribution in [1.82, 2.24) is 9.78 Å². The Hall–Kier alpha value is -1.79. The highest BCUT2D eigenvalue weighted by atomic mass is 35.5. The number of nitrogens with zero attached hydrogens (tertiary/aromatic N) is 3. The summed E-state index contributed by atoms with van der Waals surface area (Å²) >= 11 is 12.3. The smallest absolute Gasteiger partial charge is 0.272 e. The van der Waals surface area contributed by atoms with E-state index in [9.17, 15) is 10.1 Å². The highest BCUT2D eigenvalue weighted by Gasteiger charge is 2.25. The summed E-state index contributed by atoms with van der Waals surface area (Å²) in [7, 11) is 0. The number of anilines is 1. The fraction of sp³-hybridized carbons (Fsp3) is 0.250. The first kappa shape index (κ1) is 13.2. The van der Waals surface area contributed by atoms with Crippen molar-refractivity contribution in [2.75, 3.05) is 5.73 Å². The zero-order valence-corrected chi connectivity index (χ0v) is 11.8. The second-order valence-electron chi connectivity index (χ2n) is 4.59. The molecule has 0 spiro atoms. The molecule has 0 aliphatic heterocycles. The van der Waals surface area contributed by atoms with E-state index in [0.717, 1.165) is 30.5 Å². The predicted octanol–water partition coefficient (Wildman–Crippen LogP) is 3.16. The molecule has 0 fully saturated rings. The Morgan fingerprint density at radius 2 is 1.95 bits per heavy atom. The summed E-state index contributed by atoms with van der Waals surface area (Å²) in [6.07, 6.45) is 2.71. The molecule has 2 aromatic rings. The highest BCUT2D eigenvalue weighted by molar-refractivity contribution is 6.38. The fourth-order valence-corrected chi connectivity index (χ4v) is 3.15. The lowest BCUT2D eigenvalue weighted by Crippen LogP contribution is -2.04. The molecule has 6 nitrogen and oxygen atoms in total. The van der Waals surface area contributed by atoms with Gasteiger partial charge in [0.15, 0.2) is 0 Å². The number of halogens is 2. The molecule has 1 aliphatic carbocycles. The molecule has 1 aromatic heterocycles. The molecule has 0 atom stereocenters. The standard InChI is InChI=1S/C12H10Cl2N4O2/c13-8-4-6(18(19)20)5-9(14)11(8)17-10-3-1-2-7(10)12(15)16-17/h4-5H,1-3H2,(H2,15,16). The summed E-state index contributed by atoms with van der Waals surface area (Å²) < 4.78 is 1.60. The van der Waals surface area contributed by atoms with Crippen LogP contribution in [0.1, 0.15) is 17.7 Å². The van der Waals surface area contributed by atoms with Crippen LogP contribution in [-0.2, 0) is 12.8 Å². The number of nitro groups is 1. The first-order chi connectivity index (χ1) is 9.49. The van der Waals surface area contributed by atoms with Crippen molar-refractivity contribution in [3.63, 3.8) is 0 Å². The van der Waals surface area contributed by atoms with Crippen LogP contribution in [0.3, 0.4) is 0 Å². The van der Waals surface area contributed by atoms with Gasteiger partial charge >= 0.3 is 0 Å². The molecule has 2 N–H and O–H groups in total. The second kappa shape index (κ2) is 4.64. The maximum absolute atomic E-state index is 10.8. The molecular weight excluding hydrogens is 303 g/mol. The van der Waals surface area contributed by atoms with Gasteiger partial charge < -0.3 is 5.73 Å². The Morgan fingerprint density at radius 3 is 2.55 bits per heavy atom. The molecule has 104 valence electrons. The van der Waals surface area contributed by atoms with Crippen molar-refractivity contribution in [2.24, 2.45) is 0 Å². The Morgan fingerprint density at radius 1 is 1.30 bits per heavy atom. The van der Waals surface area contributed by atoms with E-state index in [1.165, 1.54) is 12.1 Å². The minimum atomic E-state index is -0.538. The van der Waals surface area contributed by atoms with Crippen molar-refractivity contribution in [1.29, 1.82) is 0 Å². The topological polar surface area (TPSA) is 87.0 Å². The molecule has 1 aromatic carbocycles. The number of nitrogen functional groups attached to an aromatic ring is 1. The summed E-state index contributed by atoms with van der Waals surface area (Å²) in [5, 5.41) is 15.4. The van der Waals surface area contributed by atoms with Crippen LogP contribution in [0.4, 0.5) is 11.5 Å². The number of benzene rings is 1. The van der Waals surface area contributed by atoms with Crippen LogP contribution < -0.4 is 5.73 Å². The molecule has 0 bridgehead atoms. The van der Waals surface area contributed by atoms with Gasteiger partial charge in [0.1, 0.15) is 11.5 Å². The lowest BCUT2D eigenvalue weighted by Gasteiger charge is -2.09. The molecule has 8 heteroatoms. The second-order valence-corrected chi connectivity index (χ2v) is 5.41. The average molecular weight is 313 g/mol. The normalized spacial score (nSPS) is 13.5. The Labute approximate surface area is 124 Å². The van der Waals surface area contributed by atoms with Crippen LogP contribution in [0.15, 0.2) is 12.1 Å². The van der Waals surface area contributed by atoms with Crippen LogP contribution in [0.25, 0.3) is 5.69 Å². The molecule has 0 saturated heterocycles. The third-order valence-corrected chi connectivity index (χ3v) is 3.96. The van der Waals surface area contributed by atoms with E-state index >= 15 is 0 Å². The Kier molecular flexibility index (Phi) is 3.07. The molecule has 1 aliphatic rings. The first-order valence-electron chi connectivity index (χ1n) is 5.99. The SMILES string of the molecule is Nc1nn(-c2c(Cl)cc([N+](=O)[O-])cc2Cl)c2c1CCC2. The van der Waals surface area contributed by atoms with Crippen molar-refractivity contribution in [2.45, 2.75) is 19.3 Å². The number of aromatic nitrogens is 2. The Balaban J connectivity index is 2.21. The largest absolute Gasteiger partial charge is 0.382 e. The molecule has 1 heterocycles. The van der Waals surface area contributed by atoms with E-state index < -0.39 is 4.92 Å². The van der Waals surface area contributed by atoms with Gasteiger partial charge in [-0.15, -0.1) is 0 Å². The molecule has 0 amide bonds. The molecule has 0 radical (unpaired) electrons. The van der Waals surface area contributed by atoms with Crippen LogP contribution in [0.2, 0.25) is 10.0 Å². The maximum atomic E-state index is 10.8. The number of non-ortho nitro benzene ring substituents is 1. The average Bonchev–Trinajstić information content (AvgIpc) is 2.94. The quantitative estimate of drug-likeness (QED) is 0.681. The van der Waals surface area contributed by atoms with Crippen LogP contribution in [0, 0.1) is 10.1 Å². The molecule has 0 saturated carbocycles. The van der Waals surface area contributed by atoms with Crippen LogP contribution in [-0.4, -0.2) is 14.7 Å². The van der Waals surface area contributed by atoms with Gasteiger partial charge in [-0.3, -0.25) is 10.1 Å². The zero-order chi connectivity index (χ0) is 14.4. The third kappa shape index (κ3) is 1.92. The number of fused-ring (bicyclic) bond motifs is 1. The number of nitrogens with two attached hydrogens (primary N) is 1. The van der Waals surface area contributed by atoms with Gasteiger partial charge in [0.05, 0.1) is 15.0 Å². The van der Waals surface area contributed by atoms with Crippen LogP contribution in [0.5, 0.6) is 0 Å². The lowest BCUT2D eigenvalue weighted by molar-refractivity contribution is -0.384. The third-order valence-electron chi connectivity index (χ3n) is 3.39. The van der Waals surface area contributed by atoms with E-state index in [1.807, 2.05) is 0 Å². The molecule has 0 unspecified atom stereocenters. The van der Waals surface area contributed by atoms with Gasteiger partial charge in [-0.2, -0.15) is 5.10 Å². The summed E-state index contributed by atoms with van der Waals surface area (Å²) in [4.78, 5) is 10.3. The van der Waals surface area contributed by atoms with Crippen molar-refractivity contribution in [3.05, 3.63) is 43.5 Å². The monoisotopic (exact) mass is 312 g/mol. The number of hydrogen-bond donors (Lipinski definition) is 1. The van der Waals surface area contributed by atoms with E-state index in [2.05, 4.69) is 5.10 Å². The lowest BCUT2D eigenvalue weighted by atomic mass is 10.2. The van der Waals surface area contributed by atoms with Gasteiger partial charge in [0.2, 0.25) is 0 Å². The number of rotatable bonds is 2. The van der Waals surface area contributed by atoms with Crippen molar-refractivity contribution >= 4 is 34.7 Å². The summed E-state index contributed by atoms with van der Waals surface area (Å²) in [6.45, 7) is 0. The number of nitro benzene ring substituents is 1. The molecule has 20 heavy (non-hydrogen) atoms. The number of hydrogen-bond acceptors (Lipinski definition) is 4. The zero-order valence-electron chi connectivity index (χ0n) is 10.3.